The molecule has 0 fully saturated rings. The number of para-hydroxylation sites is 2. The van der Waals surface area contributed by atoms with E-state index < -0.39 is 0 Å². The van der Waals surface area contributed by atoms with E-state index in [9.17, 15) is 0 Å². The second kappa shape index (κ2) is 4.28. The molecule has 0 amide bonds. The van der Waals surface area contributed by atoms with Crippen LogP contribution in [0.4, 0.5) is 0 Å². The summed E-state index contributed by atoms with van der Waals surface area (Å²) >= 11 is 6.03. The molecule has 4 nitrogen and oxygen atoms in total. The topological polar surface area (TPSA) is 43.6 Å². The minimum atomic E-state index is 0.667. The molecule has 0 aliphatic rings. The van der Waals surface area contributed by atoms with Crippen molar-refractivity contribution >= 4 is 33.8 Å². The molecule has 5 heteroatoms. The Kier molecular flexibility index (Phi) is 2.44. The maximum Gasteiger partial charge on any atom is 0.182 e. The minimum absolute atomic E-state index is 0.667. The molecule has 0 radical (unpaired) electrons. The van der Waals surface area contributed by atoms with Gasteiger partial charge in [0.2, 0.25) is 0 Å². The Morgan fingerprint density at radius 1 is 0.850 bits per heavy atom. The fourth-order valence-corrected chi connectivity index (χ4v) is 2.40. The predicted octanol–water partition coefficient (Wildman–Crippen LogP) is 3.62. The van der Waals surface area contributed by atoms with Crippen LogP contribution >= 0.6 is 11.6 Å². The standard InChI is InChI=1S/C15H9ClN4/c16-10-4-3-5-11(8-10)20-15-14(9-17-20)18-12-6-1-2-7-13(12)19-15/h1-9H. The van der Waals surface area contributed by atoms with Gasteiger partial charge >= 0.3 is 0 Å². The van der Waals surface area contributed by atoms with Crippen molar-refractivity contribution in [2.45, 2.75) is 0 Å². The molecule has 4 rings (SSSR count). The van der Waals surface area contributed by atoms with Crippen molar-refractivity contribution in [3.8, 4) is 5.69 Å². The monoisotopic (exact) mass is 280 g/mol. The van der Waals surface area contributed by atoms with E-state index in [2.05, 4.69) is 15.1 Å². The van der Waals surface area contributed by atoms with E-state index in [1.165, 1.54) is 0 Å². The summed E-state index contributed by atoms with van der Waals surface area (Å²) in [6, 6.07) is 15.3. The molecular weight excluding hydrogens is 272 g/mol. The summed E-state index contributed by atoms with van der Waals surface area (Å²) in [4.78, 5) is 9.21. The zero-order valence-electron chi connectivity index (χ0n) is 10.4. The Morgan fingerprint density at radius 3 is 2.45 bits per heavy atom. The lowest BCUT2D eigenvalue weighted by atomic mass is 10.3. The fraction of sp³-hybridized carbons (Fsp3) is 0. The van der Waals surface area contributed by atoms with Crippen molar-refractivity contribution in [3.63, 3.8) is 0 Å². The average Bonchev–Trinajstić information content (AvgIpc) is 2.87. The van der Waals surface area contributed by atoms with Gasteiger partial charge < -0.3 is 0 Å². The van der Waals surface area contributed by atoms with Crippen molar-refractivity contribution in [2.75, 3.05) is 0 Å². The fourth-order valence-electron chi connectivity index (χ4n) is 2.21. The van der Waals surface area contributed by atoms with Gasteiger partial charge in [-0.3, -0.25) is 0 Å². The van der Waals surface area contributed by atoms with Crippen LogP contribution < -0.4 is 0 Å². The first-order valence-corrected chi connectivity index (χ1v) is 6.55. The van der Waals surface area contributed by atoms with Gasteiger partial charge in [0, 0.05) is 5.02 Å². The second-order valence-corrected chi connectivity index (χ2v) is 4.89. The Labute approximate surface area is 119 Å². The van der Waals surface area contributed by atoms with E-state index in [0.29, 0.717) is 5.02 Å². The molecular formula is C15H9ClN4. The molecule has 0 aliphatic carbocycles. The van der Waals surface area contributed by atoms with Crippen LogP contribution in [0, 0.1) is 0 Å². The molecule has 0 saturated carbocycles. The van der Waals surface area contributed by atoms with Crippen LogP contribution in [0.2, 0.25) is 5.02 Å². The molecule has 0 atom stereocenters. The van der Waals surface area contributed by atoms with Gasteiger partial charge in [0.15, 0.2) is 5.65 Å². The minimum Gasteiger partial charge on any atom is -0.241 e. The number of benzene rings is 2. The van der Waals surface area contributed by atoms with Gasteiger partial charge in [-0.15, -0.1) is 0 Å². The molecule has 0 saturated heterocycles. The highest BCUT2D eigenvalue weighted by Gasteiger charge is 2.09. The number of aromatic nitrogens is 4. The maximum absolute atomic E-state index is 6.03. The lowest BCUT2D eigenvalue weighted by Gasteiger charge is -2.03. The molecule has 2 aromatic carbocycles. The van der Waals surface area contributed by atoms with Crippen molar-refractivity contribution in [1.82, 2.24) is 19.7 Å². The molecule has 96 valence electrons. The number of hydrogen-bond acceptors (Lipinski definition) is 3. The summed E-state index contributed by atoms with van der Waals surface area (Å²) in [6.07, 6.45) is 1.72. The first kappa shape index (κ1) is 11.4. The summed E-state index contributed by atoms with van der Waals surface area (Å²) in [5.74, 6) is 0. The van der Waals surface area contributed by atoms with Crippen LogP contribution in [-0.2, 0) is 0 Å². The first-order chi connectivity index (χ1) is 9.81. The molecule has 20 heavy (non-hydrogen) atoms. The number of fused-ring (bicyclic) bond motifs is 2. The van der Waals surface area contributed by atoms with Crippen molar-refractivity contribution in [1.29, 1.82) is 0 Å². The third-order valence-corrected chi connectivity index (χ3v) is 3.36. The number of rotatable bonds is 1. The van der Waals surface area contributed by atoms with Crippen LogP contribution in [0.5, 0.6) is 0 Å². The highest BCUT2D eigenvalue weighted by Crippen LogP contribution is 2.20. The van der Waals surface area contributed by atoms with Crippen molar-refractivity contribution < 1.29 is 0 Å². The molecule has 0 bridgehead atoms. The lowest BCUT2D eigenvalue weighted by Crippen LogP contribution is -1.98. The summed E-state index contributed by atoms with van der Waals surface area (Å²) in [5, 5.41) is 5.03. The summed E-state index contributed by atoms with van der Waals surface area (Å²) < 4.78 is 1.75. The number of halogens is 1. The zero-order chi connectivity index (χ0) is 13.5. The zero-order valence-corrected chi connectivity index (χ0v) is 11.1. The summed E-state index contributed by atoms with van der Waals surface area (Å²) in [7, 11) is 0. The highest BCUT2D eigenvalue weighted by atomic mass is 35.5. The van der Waals surface area contributed by atoms with Gasteiger partial charge in [0.1, 0.15) is 5.52 Å². The Hall–Kier alpha value is -2.46. The van der Waals surface area contributed by atoms with Crippen LogP contribution in [0.1, 0.15) is 0 Å². The summed E-state index contributed by atoms with van der Waals surface area (Å²) in [5.41, 5.74) is 4.08. The molecule has 0 spiro atoms. The Bertz CT molecular complexity index is 929. The van der Waals surface area contributed by atoms with Crippen LogP contribution in [0.3, 0.4) is 0 Å². The SMILES string of the molecule is Clc1cccc(-n2ncc3nc4ccccc4nc32)c1. The quantitative estimate of drug-likeness (QED) is 0.535. The molecule has 4 aromatic rings. The smallest absolute Gasteiger partial charge is 0.182 e. The van der Waals surface area contributed by atoms with E-state index in [-0.39, 0.29) is 0 Å². The van der Waals surface area contributed by atoms with E-state index in [1.807, 2.05) is 48.5 Å². The van der Waals surface area contributed by atoms with Crippen LogP contribution in [-0.4, -0.2) is 19.7 Å². The largest absolute Gasteiger partial charge is 0.241 e. The Morgan fingerprint density at radius 2 is 1.65 bits per heavy atom. The number of nitrogens with zero attached hydrogens (tertiary/aromatic N) is 4. The Balaban J connectivity index is 2.03. The van der Waals surface area contributed by atoms with Gasteiger partial charge in [0.05, 0.1) is 22.9 Å². The van der Waals surface area contributed by atoms with E-state index >= 15 is 0 Å². The van der Waals surface area contributed by atoms with E-state index in [4.69, 9.17) is 11.6 Å². The molecule has 0 aliphatic heterocycles. The molecule has 2 aromatic heterocycles. The predicted molar refractivity (Wildman–Crippen MR) is 79.2 cm³/mol. The average molecular weight is 281 g/mol. The lowest BCUT2D eigenvalue weighted by molar-refractivity contribution is 0.899. The summed E-state index contributed by atoms with van der Waals surface area (Å²) in [6.45, 7) is 0. The third kappa shape index (κ3) is 1.73. The maximum atomic E-state index is 6.03. The normalized spacial score (nSPS) is 11.2. The van der Waals surface area contributed by atoms with Crippen LogP contribution in [0.15, 0.2) is 54.7 Å². The molecule has 2 heterocycles. The van der Waals surface area contributed by atoms with Gasteiger partial charge in [-0.1, -0.05) is 29.8 Å². The highest BCUT2D eigenvalue weighted by molar-refractivity contribution is 6.30. The van der Waals surface area contributed by atoms with Gasteiger partial charge in [-0.25, -0.2) is 14.6 Å². The molecule has 0 unspecified atom stereocenters. The van der Waals surface area contributed by atoms with Crippen LogP contribution in [0.25, 0.3) is 27.9 Å². The van der Waals surface area contributed by atoms with E-state index in [0.717, 1.165) is 27.9 Å². The van der Waals surface area contributed by atoms with E-state index in [1.54, 1.807) is 10.9 Å². The van der Waals surface area contributed by atoms with Crippen molar-refractivity contribution in [3.05, 3.63) is 59.8 Å². The third-order valence-electron chi connectivity index (χ3n) is 3.13. The second-order valence-electron chi connectivity index (χ2n) is 4.46. The van der Waals surface area contributed by atoms with Gasteiger partial charge in [0.25, 0.3) is 0 Å². The number of hydrogen-bond donors (Lipinski definition) is 0. The van der Waals surface area contributed by atoms with Gasteiger partial charge in [-0.05, 0) is 30.3 Å². The van der Waals surface area contributed by atoms with Crippen molar-refractivity contribution in [2.24, 2.45) is 0 Å². The first-order valence-electron chi connectivity index (χ1n) is 6.18. The molecule has 0 N–H and O–H groups in total. The van der Waals surface area contributed by atoms with Gasteiger partial charge in [-0.2, -0.15) is 5.10 Å².